The van der Waals surface area contributed by atoms with Gasteiger partial charge in [-0.3, -0.25) is 18.6 Å². The lowest BCUT2D eigenvalue weighted by atomic mass is 10.0. The zero-order valence-electron chi connectivity index (χ0n) is 52.8. The molecule has 0 radical (unpaired) electrons. The fraction of sp³-hybridized carbons (Fsp3) is 0.771. The summed E-state index contributed by atoms with van der Waals surface area (Å²) >= 11 is 0. The summed E-state index contributed by atoms with van der Waals surface area (Å²) in [5.41, 5.74) is 0. The predicted molar refractivity (Wildman–Crippen MR) is 344 cm³/mol. The molecule has 80 heavy (non-hydrogen) atoms. The van der Waals surface area contributed by atoms with E-state index in [9.17, 15) is 19.0 Å². The Kier molecular flexibility index (Phi) is 58.6. The van der Waals surface area contributed by atoms with Gasteiger partial charge in [0.2, 0.25) is 0 Å². The molecule has 0 bridgehead atoms. The molecular formula is C70H127NO8P+. The van der Waals surface area contributed by atoms with Gasteiger partial charge in [0.15, 0.2) is 6.10 Å². The standard InChI is InChI=1S/C70H126NO8P/c1-6-8-10-12-14-16-18-20-22-24-26-28-30-32-33-34-35-36-37-39-41-43-45-47-49-51-53-55-57-59-61-63-70(73)79-68(67-78-80(74,75)77-65-64-71(3,4)5)66-76-69(72)62-60-58-56-54-52-50-48-46-44-42-40-38-31-29-27-25-23-21-19-17-15-13-11-9-7-2/h8,10,14,16,19-22,25-28,32-33,68H,6-7,9,11-13,15,17-18,23-24,29-31,34-67H2,1-5H3/p+1/b10-8-,16-14-,21-19-,22-20-,27-25-,28-26-,33-32-. The summed E-state index contributed by atoms with van der Waals surface area (Å²) in [5.74, 6) is -0.790. The van der Waals surface area contributed by atoms with E-state index in [2.05, 4.69) is 98.9 Å². The van der Waals surface area contributed by atoms with E-state index in [1.807, 2.05) is 21.1 Å². The summed E-state index contributed by atoms with van der Waals surface area (Å²) in [4.78, 5) is 35.8. The van der Waals surface area contributed by atoms with Crippen LogP contribution in [0.1, 0.15) is 296 Å². The van der Waals surface area contributed by atoms with E-state index in [-0.39, 0.29) is 32.0 Å². The number of esters is 2. The number of hydrogen-bond acceptors (Lipinski definition) is 7. The Morgan fingerprint density at radius 1 is 0.400 bits per heavy atom. The summed E-state index contributed by atoms with van der Waals surface area (Å²) in [6, 6.07) is 0. The Hall–Kier alpha value is -2.81. The lowest BCUT2D eigenvalue weighted by Crippen LogP contribution is -2.37. The molecular weight excluding hydrogens is 1010 g/mol. The number of carbonyl (C=O) groups is 2. The first-order valence-electron chi connectivity index (χ1n) is 33.3. The molecule has 0 aliphatic heterocycles. The molecule has 0 aromatic rings. The van der Waals surface area contributed by atoms with Gasteiger partial charge in [-0.05, 0) is 89.9 Å². The largest absolute Gasteiger partial charge is 0.472 e. The van der Waals surface area contributed by atoms with Crippen LogP contribution in [0.4, 0.5) is 0 Å². The predicted octanol–water partition coefficient (Wildman–Crippen LogP) is 21.4. The fourth-order valence-electron chi connectivity index (χ4n) is 9.31. The molecule has 0 heterocycles. The van der Waals surface area contributed by atoms with Crippen LogP contribution in [0.25, 0.3) is 0 Å². The molecule has 0 spiro atoms. The van der Waals surface area contributed by atoms with Crippen molar-refractivity contribution in [1.29, 1.82) is 0 Å². The van der Waals surface area contributed by atoms with Crippen molar-refractivity contribution in [2.75, 3.05) is 47.5 Å². The minimum atomic E-state index is -4.39. The molecule has 0 fully saturated rings. The number of likely N-dealkylation sites (N-methyl/N-ethyl adjacent to an activating group) is 1. The van der Waals surface area contributed by atoms with Crippen LogP contribution in [0.5, 0.6) is 0 Å². The second-order valence-electron chi connectivity index (χ2n) is 23.5. The van der Waals surface area contributed by atoms with E-state index < -0.39 is 26.5 Å². The highest BCUT2D eigenvalue weighted by molar-refractivity contribution is 7.47. The van der Waals surface area contributed by atoms with Crippen molar-refractivity contribution < 1.29 is 42.1 Å². The van der Waals surface area contributed by atoms with Crippen LogP contribution in [0.15, 0.2) is 85.1 Å². The van der Waals surface area contributed by atoms with Crippen molar-refractivity contribution in [2.24, 2.45) is 0 Å². The second-order valence-corrected chi connectivity index (χ2v) is 24.9. The Bertz CT molecular complexity index is 1630. The van der Waals surface area contributed by atoms with E-state index >= 15 is 0 Å². The number of phosphoric acid groups is 1. The monoisotopic (exact) mass is 1140 g/mol. The molecule has 9 nitrogen and oxygen atoms in total. The molecule has 0 aromatic heterocycles. The molecule has 0 amide bonds. The first kappa shape index (κ1) is 77.2. The number of allylic oxidation sites excluding steroid dienone is 14. The molecule has 0 aliphatic carbocycles. The van der Waals surface area contributed by atoms with Gasteiger partial charge in [0.1, 0.15) is 19.8 Å². The summed E-state index contributed by atoms with van der Waals surface area (Å²) < 4.78 is 34.7. The number of phosphoric ester groups is 1. The van der Waals surface area contributed by atoms with Gasteiger partial charge in [0, 0.05) is 12.8 Å². The Morgan fingerprint density at radius 3 is 1.06 bits per heavy atom. The minimum Gasteiger partial charge on any atom is -0.462 e. The molecule has 0 saturated heterocycles. The average molecular weight is 1140 g/mol. The molecule has 10 heteroatoms. The molecule has 0 rings (SSSR count). The maximum atomic E-state index is 12.9. The maximum absolute atomic E-state index is 12.9. The summed E-state index contributed by atoms with van der Waals surface area (Å²) in [6.45, 7) is 4.34. The van der Waals surface area contributed by atoms with Crippen LogP contribution in [-0.2, 0) is 32.7 Å². The number of unbranched alkanes of at least 4 members (excludes halogenated alkanes) is 33. The lowest BCUT2D eigenvalue weighted by molar-refractivity contribution is -0.870. The molecule has 2 atom stereocenters. The highest BCUT2D eigenvalue weighted by Crippen LogP contribution is 2.43. The number of nitrogens with zero attached hydrogens (tertiary/aromatic N) is 1. The van der Waals surface area contributed by atoms with Gasteiger partial charge >= 0.3 is 19.8 Å². The summed E-state index contributed by atoms with van der Waals surface area (Å²) in [6.07, 6.45) is 82.4. The first-order chi connectivity index (χ1) is 39.0. The zero-order valence-corrected chi connectivity index (χ0v) is 53.7. The van der Waals surface area contributed by atoms with Gasteiger partial charge in [-0.15, -0.1) is 0 Å². The van der Waals surface area contributed by atoms with Gasteiger partial charge in [-0.1, -0.05) is 279 Å². The maximum Gasteiger partial charge on any atom is 0.472 e. The smallest absolute Gasteiger partial charge is 0.462 e. The van der Waals surface area contributed by atoms with Crippen molar-refractivity contribution in [3.8, 4) is 0 Å². The first-order valence-corrected chi connectivity index (χ1v) is 34.8. The van der Waals surface area contributed by atoms with Crippen molar-refractivity contribution in [3.05, 3.63) is 85.1 Å². The lowest BCUT2D eigenvalue weighted by Gasteiger charge is -2.24. The fourth-order valence-corrected chi connectivity index (χ4v) is 10.1. The number of carbonyl (C=O) groups excluding carboxylic acids is 2. The third-order valence-corrected chi connectivity index (χ3v) is 15.4. The Morgan fingerprint density at radius 2 is 0.713 bits per heavy atom. The molecule has 1 N–H and O–H groups in total. The summed E-state index contributed by atoms with van der Waals surface area (Å²) in [5, 5.41) is 0. The van der Waals surface area contributed by atoms with Crippen LogP contribution >= 0.6 is 7.82 Å². The third kappa shape index (κ3) is 64.4. The zero-order chi connectivity index (χ0) is 58.4. The van der Waals surface area contributed by atoms with Crippen LogP contribution < -0.4 is 0 Å². The molecule has 0 aromatic carbocycles. The Balaban J connectivity index is 4.07. The van der Waals surface area contributed by atoms with Gasteiger partial charge in [-0.2, -0.15) is 0 Å². The highest BCUT2D eigenvalue weighted by Gasteiger charge is 2.27. The Labute approximate surface area is 494 Å². The quantitative estimate of drug-likeness (QED) is 0.0211. The van der Waals surface area contributed by atoms with Gasteiger partial charge < -0.3 is 18.9 Å². The normalized spacial score (nSPS) is 13.7. The van der Waals surface area contributed by atoms with Crippen LogP contribution in [-0.4, -0.2) is 74.9 Å². The van der Waals surface area contributed by atoms with Crippen LogP contribution in [0, 0.1) is 0 Å². The minimum absolute atomic E-state index is 0.0300. The van der Waals surface area contributed by atoms with Crippen molar-refractivity contribution in [2.45, 2.75) is 302 Å². The van der Waals surface area contributed by atoms with Gasteiger partial charge in [-0.25, -0.2) is 4.57 Å². The highest BCUT2D eigenvalue weighted by atomic mass is 31.2. The van der Waals surface area contributed by atoms with E-state index in [0.29, 0.717) is 17.4 Å². The van der Waals surface area contributed by atoms with Crippen molar-refractivity contribution in [3.63, 3.8) is 0 Å². The average Bonchev–Trinajstić information content (AvgIpc) is 3.42. The number of rotatable bonds is 61. The van der Waals surface area contributed by atoms with E-state index in [4.69, 9.17) is 18.5 Å². The molecule has 0 saturated carbocycles. The van der Waals surface area contributed by atoms with Crippen molar-refractivity contribution in [1.82, 2.24) is 0 Å². The van der Waals surface area contributed by atoms with Crippen LogP contribution in [0.2, 0.25) is 0 Å². The van der Waals surface area contributed by atoms with E-state index in [0.717, 1.165) is 77.0 Å². The van der Waals surface area contributed by atoms with Crippen molar-refractivity contribution >= 4 is 19.8 Å². The van der Waals surface area contributed by atoms with E-state index in [1.54, 1.807) is 0 Å². The summed E-state index contributed by atoms with van der Waals surface area (Å²) in [7, 11) is 1.48. The number of hydrogen-bond donors (Lipinski definition) is 1. The SMILES string of the molecule is CC/C=C\C/C=C\C/C=C\C/C=C\C/C=C\CCCCCCCCCCCCCCCCCC(=O)OC(COC(=O)CCCCCCCCCCCCCCC/C=C\C/C=C\CCCCCCC)COP(=O)(O)OCC[N+](C)(C)C. The number of quaternary nitrogens is 1. The van der Waals surface area contributed by atoms with Gasteiger partial charge in [0.05, 0.1) is 27.7 Å². The van der Waals surface area contributed by atoms with E-state index in [1.165, 1.54) is 186 Å². The number of ether oxygens (including phenoxy) is 2. The second kappa shape index (κ2) is 60.8. The van der Waals surface area contributed by atoms with Gasteiger partial charge in [0.25, 0.3) is 0 Å². The topological polar surface area (TPSA) is 108 Å². The molecule has 0 aliphatic rings. The molecule has 2 unspecified atom stereocenters. The van der Waals surface area contributed by atoms with Crippen LogP contribution in [0.3, 0.4) is 0 Å². The molecule has 464 valence electrons. The third-order valence-electron chi connectivity index (χ3n) is 14.4.